The highest BCUT2D eigenvalue weighted by Crippen LogP contribution is 2.42. The number of aliphatic hydroxyl groups is 1. The van der Waals surface area contributed by atoms with Crippen molar-refractivity contribution in [3.63, 3.8) is 0 Å². The summed E-state index contributed by atoms with van der Waals surface area (Å²) in [5.41, 5.74) is 2.33. The molecule has 4 rings (SSSR count). The zero-order valence-corrected chi connectivity index (χ0v) is 23.8. The summed E-state index contributed by atoms with van der Waals surface area (Å²) in [4.78, 5) is 29.2. The number of hydrogen-bond acceptors (Lipinski definition) is 3. The average Bonchev–Trinajstić information content (AvgIpc) is 2.97. The lowest BCUT2D eigenvalue weighted by Crippen LogP contribution is -2.46. The van der Waals surface area contributed by atoms with Gasteiger partial charge in [-0.3, -0.25) is 9.59 Å². The molecule has 1 N–H and O–H groups in total. The predicted octanol–water partition coefficient (Wildman–Crippen LogP) is 5.55. The van der Waals surface area contributed by atoms with Crippen LogP contribution in [0.3, 0.4) is 0 Å². The van der Waals surface area contributed by atoms with Crippen molar-refractivity contribution >= 4 is 11.8 Å². The van der Waals surface area contributed by atoms with Gasteiger partial charge in [0.1, 0.15) is 5.60 Å². The van der Waals surface area contributed by atoms with E-state index in [0.717, 1.165) is 42.4 Å². The molecular formula is C34H42N2O3. The molecule has 0 radical (unpaired) electrons. The molecular weight excluding hydrogens is 484 g/mol. The molecule has 206 valence electrons. The summed E-state index contributed by atoms with van der Waals surface area (Å²) in [5.74, 6) is 0.301. The lowest BCUT2D eigenvalue weighted by molar-refractivity contribution is -0.134. The standard InChI is InChI=1S/C34H42N2O3/c1-33(2,32(38)35(3)4)27-20-18-26(19-21-27)12-11-17-31(37)36-24-22-30(23-25-36)34(39,28-13-7-5-8-14-28)29-15-9-6-10-16-29/h5-10,13-16,18-21,30,39H,11-12,17,22-25H2,1-4H3. The Labute approximate surface area is 233 Å². The average molecular weight is 527 g/mol. The van der Waals surface area contributed by atoms with E-state index in [9.17, 15) is 14.7 Å². The number of piperidine rings is 1. The van der Waals surface area contributed by atoms with E-state index in [-0.39, 0.29) is 17.7 Å². The van der Waals surface area contributed by atoms with Crippen LogP contribution in [0, 0.1) is 5.92 Å². The highest BCUT2D eigenvalue weighted by atomic mass is 16.3. The molecule has 0 saturated carbocycles. The molecule has 2 amide bonds. The maximum Gasteiger partial charge on any atom is 0.232 e. The number of likely N-dealkylation sites (N-methyl/N-ethyl adjacent to an activating group) is 1. The molecule has 0 atom stereocenters. The summed E-state index contributed by atoms with van der Waals surface area (Å²) in [6, 6.07) is 28.0. The molecule has 1 fully saturated rings. The van der Waals surface area contributed by atoms with E-state index in [1.54, 1.807) is 19.0 Å². The minimum absolute atomic E-state index is 0.0356. The Morgan fingerprint density at radius 1 is 0.821 bits per heavy atom. The summed E-state index contributed by atoms with van der Waals surface area (Å²) >= 11 is 0. The first-order valence-corrected chi connectivity index (χ1v) is 14.1. The maximum absolute atomic E-state index is 13.0. The van der Waals surface area contributed by atoms with Crippen LogP contribution in [0.1, 0.15) is 61.8 Å². The van der Waals surface area contributed by atoms with Crippen LogP contribution in [0.2, 0.25) is 0 Å². The summed E-state index contributed by atoms with van der Waals surface area (Å²) in [7, 11) is 3.56. The number of carbonyl (C=O) groups is 2. The zero-order chi connectivity index (χ0) is 28.0. The molecule has 1 heterocycles. The van der Waals surface area contributed by atoms with Gasteiger partial charge in [0, 0.05) is 33.6 Å². The Morgan fingerprint density at radius 2 is 1.33 bits per heavy atom. The van der Waals surface area contributed by atoms with E-state index >= 15 is 0 Å². The number of nitrogens with zero attached hydrogens (tertiary/aromatic N) is 2. The first kappa shape index (κ1) is 28.6. The van der Waals surface area contributed by atoms with E-state index < -0.39 is 11.0 Å². The summed E-state index contributed by atoms with van der Waals surface area (Å²) in [5, 5.41) is 12.1. The number of benzene rings is 3. The van der Waals surface area contributed by atoms with Crippen molar-refractivity contribution in [2.45, 2.75) is 57.0 Å². The molecule has 1 aliphatic rings. The van der Waals surface area contributed by atoms with Crippen molar-refractivity contribution < 1.29 is 14.7 Å². The van der Waals surface area contributed by atoms with Gasteiger partial charge in [-0.15, -0.1) is 0 Å². The molecule has 39 heavy (non-hydrogen) atoms. The van der Waals surface area contributed by atoms with E-state index in [0.29, 0.717) is 19.5 Å². The van der Waals surface area contributed by atoms with E-state index in [4.69, 9.17) is 0 Å². The first-order chi connectivity index (χ1) is 18.6. The number of hydrogen-bond donors (Lipinski definition) is 1. The Kier molecular flexibility index (Phi) is 8.91. The fourth-order valence-electron chi connectivity index (χ4n) is 5.94. The van der Waals surface area contributed by atoms with Crippen LogP contribution in [0.15, 0.2) is 84.9 Å². The molecule has 5 heteroatoms. The fraction of sp³-hybridized carbons (Fsp3) is 0.412. The van der Waals surface area contributed by atoms with Crippen LogP contribution in [0.4, 0.5) is 0 Å². The lowest BCUT2D eigenvalue weighted by atomic mass is 9.72. The van der Waals surface area contributed by atoms with Gasteiger partial charge in [0.2, 0.25) is 11.8 Å². The Balaban J connectivity index is 1.31. The topological polar surface area (TPSA) is 60.9 Å². The lowest BCUT2D eigenvalue weighted by Gasteiger charge is -2.42. The van der Waals surface area contributed by atoms with Crippen LogP contribution in [0.5, 0.6) is 0 Å². The summed E-state index contributed by atoms with van der Waals surface area (Å²) in [6.07, 6.45) is 3.64. The smallest absolute Gasteiger partial charge is 0.232 e. The van der Waals surface area contributed by atoms with Crippen LogP contribution in [-0.2, 0) is 27.0 Å². The van der Waals surface area contributed by atoms with Crippen LogP contribution >= 0.6 is 0 Å². The quantitative estimate of drug-likeness (QED) is 0.398. The van der Waals surface area contributed by atoms with Gasteiger partial charge >= 0.3 is 0 Å². The third kappa shape index (κ3) is 6.25. The molecule has 0 aromatic heterocycles. The van der Waals surface area contributed by atoms with Gasteiger partial charge in [-0.25, -0.2) is 0 Å². The molecule has 0 spiro atoms. The zero-order valence-electron chi connectivity index (χ0n) is 23.8. The first-order valence-electron chi connectivity index (χ1n) is 14.1. The second-order valence-electron chi connectivity index (χ2n) is 11.5. The minimum Gasteiger partial charge on any atom is -0.380 e. The Hall–Kier alpha value is -3.44. The monoisotopic (exact) mass is 526 g/mol. The summed E-state index contributed by atoms with van der Waals surface area (Å²) in [6.45, 7) is 5.23. The van der Waals surface area contributed by atoms with Crippen molar-refractivity contribution in [2.75, 3.05) is 27.2 Å². The summed E-state index contributed by atoms with van der Waals surface area (Å²) < 4.78 is 0. The highest BCUT2D eigenvalue weighted by Gasteiger charge is 2.42. The van der Waals surface area contributed by atoms with Crippen molar-refractivity contribution in [3.05, 3.63) is 107 Å². The number of likely N-dealkylation sites (tertiary alicyclic amines) is 1. The largest absolute Gasteiger partial charge is 0.380 e. The van der Waals surface area contributed by atoms with Crippen molar-refractivity contribution in [1.82, 2.24) is 9.80 Å². The van der Waals surface area contributed by atoms with Gasteiger partial charge in [-0.05, 0) is 67.7 Å². The van der Waals surface area contributed by atoms with E-state index in [1.165, 1.54) is 5.56 Å². The molecule has 3 aromatic rings. The number of amides is 2. The van der Waals surface area contributed by atoms with Gasteiger partial charge in [0.15, 0.2) is 0 Å². The normalized spacial score (nSPS) is 14.7. The molecule has 0 unspecified atom stereocenters. The van der Waals surface area contributed by atoms with Gasteiger partial charge in [-0.1, -0.05) is 84.9 Å². The van der Waals surface area contributed by atoms with Gasteiger partial charge in [-0.2, -0.15) is 0 Å². The Bertz CT molecular complexity index is 1190. The van der Waals surface area contributed by atoms with Crippen LogP contribution in [0.25, 0.3) is 0 Å². The van der Waals surface area contributed by atoms with Crippen LogP contribution in [-0.4, -0.2) is 53.9 Å². The third-order valence-electron chi connectivity index (χ3n) is 8.34. The number of carbonyl (C=O) groups excluding carboxylic acids is 2. The predicted molar refractivity (Wildman–Crippen MR) is 156 cm³/mol. The fourth-order valence-corrected chi connectivity index (χ4v) is 5.94. The number of aryl methyl sites for hydroxylation is 1. The molecule has 0 aliphatic carbocycles. The van der Waals surface area contributed by atoms with Gasteiger partial charge in [0.05, 0.1) is 5.41 Å². The van der Waals surface area contributed by atoms with Gasteiger partial charge in [0.25, 0.3) is 0 Å². The van der Waals surface area contributed by atoms with E-state index in [1.807, 2.05) is 91.5 Å². The van der Waals surface area contributed by atoms with Crippen LogP contribution < -0.4 is 0 Å². The highest BCUT2D eigenvalue weighted by molar-refractivity contribution is 5.87. The SMILES string of the molecule is CN(C)C(=O)C(C)(C)c1ccc(CCCC(=O)N2CCC(C(O)(c3ccccc3)c3ccccc3)CC2)cc1. The van der Waals surface area contributed by atoms with Crippen molar-refractivity contribution in [1.29, 1.82) is 0 Å². The second-order valence-corrected chi connectivity index (χ2v) is 11.5. The maximum atomic E-state index is 13.0. The molecule has 3 aromatic carbocycles. The minimum atomic E-state index is -1.07. The molecule has 1 saturated heterocycles. The molecule has 0 bridgehead atoms. The van der Waals surface area contributed by atoms with Crippen molar-refractivity contribution in [3.8, 4) is 0 Å². The Morgan fingerprint density at radius 3 is 1.82 bits per heavy atom. The van der Waals surface area contributed by atoms with E-state index in [2.05, 4.69) is 12.1 Å². The van der Waals surface area contributed by atoms with Crippen molar-refractivity contribution in [2.24, 2.45) is 5.92 Å². The second kappa shape index (κ2) is 12.2. The molecule has 5 nitrogen and oxygen atoms in total. The number of rotatable bonds is 9. The van der Waals surface area contributed by atoms with Gasteiger partial charge < -0.3 is 14.9 Å². The third-order valence-corrected chi connectivity index (χ3v) is 8.34. The molecule has 1 aliphatic heterocycles.